The molecule has 1 aliphatic heterocycles. The summed E-state index contributed by atoms with van der Waals surface area (Å²) in [4.78, 5) is 4.96. The lowest BCUT2D eigenvalue weighted by Gasteiger charge is -2.26. The molecule has 0 aliphatic carbocycles. The fourth-order valence-corrected chi connectivity index (χ4v) is 4.05. The van der Waals surface area contributed by atoms with Crippen LogP contribution in [0.25, 0.3) is 21.9 Å². The highest BCUT2D eigenvalue weighted by Crippen LogP contribution is 2.38. The maximum Gasteiger partial charge on any atom is 0.146 e. The Hall–Kier alpha value is -3.07. The van der Waals surface area contributed by atoms with Gasteiger partial charge in [0.2, 0.25) is 0 Å². The molecule has 0 spiro atoms. The number of amidine groups is 1. The van der Waals surface area contributed by atoms with Crippen LogP contribution in [0.3, 0.4) is 0 Å². The zero-order valence-corrected chi connectivity index (χ0v) is 15.8. The first-order chi connectivity index (χ1) is 13.1. The third-order valence-electron chi connectivity index (χ3n) is 5.43. The van der Waals surface area contributed by atoms with Crippen molar-refractivity contribution in [3.8, 4) is 0 Å². The highest BCUT2D eigenvalue weighted by Gasteiger charge is 2.24. The van der Waals surface area contributed by atoms with Gasteiger partial charge in [-0.15, -0.1) is 0 Å². The van der Waals surface area contributed by atoms with Gasteiger partial charge in [-0.25, -0.2) is 0 Å². The quantitative estimate of drug-likeness (QED) is 0.438. The van der Waals surface area contributed by atoms with E-state index >= 15 is 0 Å². The van der Waals surface area contributed by atoms with E-state index < -0.39 is 0 Å². The van der Waals surface area contributed by atoms with E-state index in [4.69, 9.17) is 9.41 Å². The van der Waals surface area contributed by atoms with Crippen molar-refractivity contribution < 1.29 is 4.42 Å². The van der Waals surface area contributed by atoms with Crippen molar-refractivity contribution in [2.75, 3.05) is 5.32 Å². The van der Waals surface area contributed by atoms with E-state index in [1.165, 1.54) is 16.8 Å². The number of rotatable bonds is 2. The second-order valence-electron chi connectivity index (χ2n) is 7.53. The number of anilines is 1. The van der Waals surface area contributed by atoms with Crippen molar-refractivity contribution >= 4 is 33.5 Å². The van der Waals surface area contributed by atoms with Crippen LogP contribution in [0.1, 0.15) is 49.4 Å². The van der Waals surface area contributed by atoms with Gasteiger partial charge in [-0.05, 0) is 30.5 Å². The SMILES string of the molecule is CC(C)c1cccc2c1NC(c1cccc3c1oc1ccccc13)=NC2C. The number of furan rings is 1. The topological polar surface area (TPSA) is 37.5 Å². The van der Waals surface area contributed by atoms with Gasteiger partial charge in [0.05, 0.1) is 11.6 Å². The molecule has 134 valence electrons. The average molecular weight is 354 g/mol. The zero-order valence-electron chi connectivity index (χ0n) is 15.8. The largest absolute Gasteiger partial charge is 0.455 e. The van der Waals surface area contributed by atoms with Gasteiger partial charge in [0, 0.05) is 22.0 Å². The van der Waals surface area contributed by atoms with E-state index in [0.29, 0.717) is 5.92 Å². The number of fused-ring (bicyclic) bond motifs is 4. The molecule has 3 aromatic carbocycles. The number of nitrogens with one attached hydrogen (secondary N) is 1. The Kier molecular flexibility index (Phi) is 3.57. The monoisotopic (exact) mass is 354 g/mol. The summed E-state index contributed by atoms with van der Waals surface area (Å²) in [6.07, 6.45) is 0. The summed E-state index contributed by atoms with van der Waals surface area (Å²) in [5, 5.41) is 5.89. The van der Waals surface area contributed by atoms with Crippen LogP contribution in [0.2, 0.25) is 0 Å². The molecule has 0 saturated carbocycles. The molecule has 3 nitrogen and oxygen atoms in total. The minimum atomic E-state index is 0.106. The van der Waals surface area contributed by atoms with Crippen LogP contribution in [0.5, 0.6) is 0 Å². The molecular weight excluding hydrogens is 332 g/mol. The molecule has 0 fully saturated rings. The van der Waals surface area contributed by atoms with Crippen molar-refractivity contribution in [3.05, 3.63) is 77.4 Å². The number of para-hydroxylation sites is 3. The summed E-state index contributed by atoms with van der Waals surface area (Å²) in [5.74, 6) is 1.33. The van der Waals surface area contributed by atoms with E-state index in [1.807, 2.05) is 18.2 Å². The molecule has 1 N–H and O–H groups in total. The summed E-state index contributed by atoms with van der Waals surface area (Å²) < 4.78 is 6.22. The van der Waals surface area contributed by atoms with Gasteiger partial charge >= 0.3 is 0 Å². The summed E-state index contributed by atoms with van der Waals surface area (Å²) >= 11 is 0. The fraction of sp³-hybridized carbons (Fsp3) is 0.208. The van der Waals surface area contributed by atoms with Gasteiger partial charge in [0.25, 0.3) is 0 Å². The Morgan fingerprint density at radius 1 is 0.926 bits per heavy atom. The zero-order chi connectivity index (χ0) is 18.5. The Labute approximate surface area is 158 Å². The third kappa shape index (κ3) is 2.46. The summed E-state index contributed by atoms with van der Waals surface area (Å²) in [6.45, 7) is 6.61. The molecule has 5 rings (SSSR count). The minimum absolute atomic E-state index is 0.106. The van der Waals surface area contributed by atoms with Crippen LogP contribution in [0, 0.1) is 0 Å². The second kappa shape index (κ2) is 5.98. The molecule has 0 radical (unpaired) electrons. The smallest absolute Gasteiger partial charge is 0.146 e. The molecule has 2 heterocycles. The lowest BCUT2D eigenvalue weighted by molar-refractivity contribution is 0.668. The first-order valence-corrected chi connectivity index (χ1v) is 9.51. The molecule has 1 atom stereocenters. The van der Waals surface area contributed by atoms with Crippen LogP contribution >= 0.6 is 0 Å². The van der Waals surface area contributed by atoms with Crippen molar-refractivity contribution in [1.29, 1.82) is 0 Å². The van der Waals surface area contributed by atoms with E-state index in [9.17, 15) is 0 Å². The van der Waals surface area contributed by atoms with Crippen molar-refractivity contribution in [1.82, 2.24) is 0 Å². The number of aliphatic imine (C=N–C) groups is 1. The Morgan fingerprint density at radius 3 is 2.56 bits per heavy atom. The predicted octanol–water partition coefficient (Wildman–Crippen LogP) is 6.64. The molecule has 3 heteroatoms. The lowest BCUT2D eigenvalue weighted by atomic mass is 9.93. The molecular formula is C24H22N2O. The molecule has 1 aliphatic rings. The molecule has 1 aromatic heterocycles. The van der Waals surface area contributed by atoms with Crippen molar-refractivity contribution in [2.45, 2.75) is 32.7 Å². The maximum atomic E-state index is 6.22. The van der Waals surface area contributed by atoms with Crippen molar-refractivity contribution in [3.63, 3.8) is 0 Å². The van der Waals surface area contributed by atoms with Gasteiger partial charge in [-0.2, -0.15) is 0 Å². The second-order valence-corrected chi connectivity index (χ2v) is 7.53. The Bertz CT molecular complexity index is 1200. The minimum Gasteiger partial charge on any atom is -0.455 e. The van der Waals surface area contributed by atoms with E-state index in [1.54, 1.807) is 0 Å². The molecule has 4 aromatic rings. The number of benzene rings is 3. The van der Waals surface area contributed by atoms with E-state index in [2.05, 4.69) is 68.6 Å². The van der Waals surface area contributed by atoms with E-state index in [-0.39, 0.29) is 6.04 Å². The summed E-state index contributed by atoms with van der Waals surface area (Å²) in [7, 11) is 0. The van der Waals surface area contributed by atoms with Crippen LogP contribution in [-0.2, 0) is 0 Å². The van der Waals surface area contributed by atoms with Gasteiger partial charge in [0.1, 0.15) is 17.0 Å². The van der Waals surface area contributed by atoms with Gasteiger partial charge in [0.15, 0.2) is 0 Å². The third-order valence-corrected chi connectivity index (χ3v) is 5.43. The predicted molar refractivity (Wildman–Crippen MR) is 113 cm³/mol. The Balaban J connectivity index is 1.70. The number of nitrogens with zero attached hydrogens (tertiary/aromatic N) is 1. The Morgan fingerprint density at radius 2 is 1.70 bits per heavy atom. The highest BCUT2D eigenvalue weighted by molar-refractivity contribution is 6.19. The molecule has 0 bridgehead atoms. The highest BCUT2D eigenvalue weighted by atomic mass is 16.3. The lowest BCUT2D eigenvalue weighted by Crippen LogP contribution is -2.22. The van der Waals surface area contributed by atoms with Gasteiger partial charge in [-0.1, -0.05) is 62.4 Å². The van der Waals surface area contributed by atoms with Crippen LogP contribution in [0.15, 0.2) is 70.1 Å². The van der Waals surface area contributed by atoms with Gasteiger partial charge < -0.3 is 9.73 Å². The summed E-state index contributed by atoms with van der Waals surface area (Å²) in [5.41, 5.74) is 6.58. The van der Waals surface area contributed by atoms with Crippen LogP contribution < -0.4 is 5.32 Å². The summed E-state index contributed by atoms with van der Waals surface area (Å²) in [6, 6.07) is 21.1. The number of hydrogen-bond donors (Lipinski definition) is 1. The molecule has 1 unspecified atom stereocenters. The normalized spacial score (nSPS) is 16.4. The maximum absolute atomic E-state index is 6.22. The molecule has 0 amide bonds. The van der Waals surface area contributed by atoms with Gasteiger partial charge in [-0.3, -0.25) is 4.99 Å². The average Bonchev–Trinajstić information content (AvgIpc) is 3.06. The van der Waals surface area contributed by atoms with E-state index in [0.717, 1.165) is 33.3 Å². The molecule has 0 saturated heterocycles. The first kappa shape index (κ1) is 16.1. The van der Waals surface area contributed by atoms with Crippen LogP contribution in [0.4, 0.5) is 5.69 Å². The van der Waals surface area contributed by atoms with Crippen molar-refractivity contribution in [2.24, 2.45) is 4.99 Å². The molecule has 27 heavy (non-hydrogen) atoms. The first-order valence-electron chi connectivity index (χ1n) is 9.51. The standard InChI is InChI=1S/C24H22N2O/c1-14(2)16-9-6-10-17-15(3)25-24(26-22(16)17)20-12-7-11-19-18-8-4-5-13-21(18)27-23(19)20/h4-15H,1-3H3,(H,25,26). The number of hydrogen-bond acceptors (Lipinski definition) is 3. The van der Waals surface area contributed by atoms with Crippen LogP contribution in [-0.4, -0.2) is 5.84 Å². The fourth-order valence-electron chi connectivity index (χ4n) is 4.05.